The first-order valence-electron chi connectivity index (χ1n) is 5.95. The van der Waals surface area contributed by atoms with Gasteiger partial charge in [-0.2, -0.15) is 0 Å². The topological polar surface area (TPSA) is 56.5 Å². The van der Waals surface area contributed by atoms with Gasteiger partial charge in [-0.25, -0.2) is 0 Å². The largest absolute Gasteiger partial charge is 0.377 e. The van der Waals surface area contributed by atoms with E-state index >= 15 is 0 Å². The number of hydrogen-bond acceptors (Lipinski definition) is 4. The first-order chi connectivity index (χ1) is 7.27. The lowest BCUT2D eigenvalue weighted by atomic mass is 9.92. The maximum Gasteiger partial charge on any atom is 0.0741 e. The maximum atomic E-state index is 5.86. The Bertz CT molecular complexity index is 207. The smallest absolute Gasteiger partial charge is 0.0741 e. The second kappa shape index (κ2) is 4.78. The normalized spacial score (nSPS) is 41.2. The van der Waals surface area contributed by atoms with Crippen LogP contribution in [0, 0.1) is 0 Å². The lowest BCUT2D eigenvalue weighted by molar-refractivity contribution is 0.0678. The number of ether oxygens (including phenoxy) is 2. The second-order valence-corrected chi connectivity index (χ2v) is 4.64. The van der Waals surface area contributed by atoms with Gasteiger partial charge in [0.1, 0.15) is 0 Å². The van der Waals surface area contributed by atoms with Crippen LogP contribution in [0.5, 0.6) is 0 Å². The highest BCUT2D eigenvalue weighted by atomic mass is 16.5. The molecule has 0 amide bonds. The summed E-state index contributed by atoms with van der Waals surface area (Å²) in [5.41, 5.74) is 5.84. The van der Waals surface area contributed by atoms with E-state index in [4.69, 9.17) is 15.2 Å². The Hall–Kier alpha value is -0.160. The minimum Gasteiger partial charge on any atom is -0.377 e. The molecule has 2 heterocycles. The van der Waals surface area contributed by atoms with Crippen molar-refractivity contribution in [2.45, 2.75) is 43.9 Å². The molecule has 0 radical (unpaired) electrons. The highest BCUT2D eigenvalue weighted by Gasteiger charge is 2.40. The molecule has 2 aliphatic rings. The van der Waals surface area contributed by atoms with E-state index in [1.165, 1.54) is 12.8 Å². The van der Waals surface area contributed by atoms with Crippen molar-refractivity contribution >= 4 is 0 Å². The molecule has 4 nitrogen and oxygen atoms in total. The Labute approximate surface area is 91.5 Å². The van der Waals surface area contributed by atoms with Crippen LogP contribution in [0.3, 0.4) is 0 Å². The summed E-state index contributed by atoms with van der Waals surface area (Å²) in [4.78, 5) is 0. The minimum atomic E-state index is -0.0219. The van der Waals surface area contributed by atoms with Crippen LogP contribution in [0.2, 0.25) is 0 Å². The fourth-order valence-corrected chi connectivity index (χ4v) is 2.48. The standard InChI is InChI=1S/C11H22N2O2/c1-9-11(8-12,4-6-14-9)13-7-10-3-2-5-15-10/h9-10,13H,2-8,12H2,1H3. The minimum absolute atomic E-state index is 0.0219. The summed E-state index contributed by atoms with van der Waals surface area (Å²) < 4.78 is 11.2. The van der Waals surface area contributed by atoms with Crippen molar-refractivity contribution in [1.29, 1.82) is 0 Å². The first-order valence-corrected chi connectivity index (χ1v) is 5.95. The van der Waals surface area contributed by atoms with E-state index in [-0.39, 0.29) is 11.6 Å². The lowest BCUT2D eigenvalue weighted by Gasteiger charge is -2.33. The van der Waals surface area contributed by atoms with Crippen molar-refractivity contribution in [1.82, 2.24) is 5.32 Å². The fourth-order valence-electron chi connectivity index (χ4n) is 2.48. The second-order valence-electron chi connectivity index (χ2n) is 4.64. The van der Waals surface area contributed by atoms with Crippen molar-refractivity contribution in [2.24, 2.45) is 5.73 Å². The van der Waals surface area contributed by atoms with E-state index < -0.39 is 0 Å². The monoisotopic (exact) mass is 214 g/mol. The van der Waals surface area contributed by atoms with Crippen LogP contribution in [0.4, 0.5) is 0 Å². The molecule has 88 valence electrons. The zero-order chi connectivity index (χ0) is 10.7. The molecule has 4 heteroatoms. The predicted molar refractivity (Wildman–Crippen MR) is 58.8 cm³/mol. The van der Waals surface area contributed by atoms with E-state index in [0.29, 0.717) is 12.6 Å². The van der Waals surface area contributed by atoms with Gasteiger partial charge >= 0.3 is 0 Å². The molecular formula is C11H22N2O2. The summed E-state index contributed by atoms with van der Waals surface area (Å²) in [7, 11) is 0. The molecule has 3 unspecified atom stereocenters. The van der Waals surface area contributed by atoms with E-state index in [9.17, 15) is 0 Å². The SMILES string of the molecule is CC1OCCC1(CN)NCC1CCCO1. The van der Waals surface area contributed by atoms with Gasteiger partial charge < -0.3 is 20.5 Å². The molecule has 0 aromatic heterocycles. The Balaban J connectivity index is 1.84. The highest BCUT2D eigenvalue weighted by molar-refractivity contribution is 4.99. The molecule has 0 aliphatic carbocycles. The van der Waals surface area contributed by atoms with Crippen molar-refractivity contribution in [3.05, 3.63) is 0 Å². The zero-order valence-corrected chi connectivity index (χ0v) is 9.50. The van der Waals surface area contributed by atoms with Gasteiger partial charge in [-0.1, -0.05) is 0 Å². The summed E-state index contributed by atoms with van der Waals surface area (Å²) in [6.45, 7) is 5.37. The molecule has 0 spiro atoms. The number of hydrogen-bond donors (Lipinski definition) is 2. The fraction of sp³-hybridized carbons (Fsp3) is 1.00. The van der Waals surface area contributed by atoms with Gasteiger partial charge in [0.05, 0.1) is 17.7 Å². The summed E-state index contributed by atoms with van der Waals surface area (Å²) in [6.07, 6.45) is 3.96. The molecular weight excluding hydrogens is 192 g/mol. The molecule has 2 saturated heterocycles. The molecule has 0 aromatic rings. The summed E-state index contributed by atoms with van der Waals surface area (Å²) >= 11 is 0. The molecule has 2 rings (SSSR count). The van der Waals surface area contributed by atoms with E-state index in [1.807, 2.05) is 0 Å². The van der Waals surface area contributed by atoms with E-state index in [2.05, 4.69) is 12.2 Å². The van der Waals surface area contributed by atoms with Crippen LogP contribution >= 0.6 is 0 Å². The van der Waals surface area contributed by atoms with Crippen LogP contribution in [-0.4, -0.2) is 44.1 Å². The van der Waals surface area contributed by atoms with Crippen LogP contribution in [-0.2, 0) is 9.47 Å². The molecule has 3 atom stereocenters. The van der Waals surface area contributed by atoms with Crippen LogP contribution in [0.25, 0.3) is 0 Å². The molecule has 2 aliphatic heterocycles. The predicted octanol–water partition coefficient (Wildman–Crippen LogP) is 0.261. The molecule has 15 heavy (non-hydrogen) atoms. The van der Waals surface area contributed by atoms with Gasteiger partial charge in [0.2, 0.25) is 0 Å². The van der Waals surface area contributed by atoms with Gasteiger partial charge in [-0.15, -0.1) is 0 Å². The number of nitrogens with one attached hydrogen (secondary N) is 1. The maximum absolute atomic E-state index is 5.86. The average Bonchev–Trinajstić information content (AvgIpc) is 2.85. The molecule has 0 aromatic carbocycles. The number of nitrogens with two attached hydrogens (primary N) is 1. The quantitative estimate of drug-likeness (QED) is 0.705. The third kappa shape index (κ3) is 2.33. The Morgan fingerprint density at radius 1 is 1.40 bits per heavy atom. The van der Waals surface area contributed by atoms with Gasteiger partial charge in [0, 0.05) is 26.3 Å². The van der Waals surface area contributed by atoms with E-state index in [1.54, 1.807) is 0 Å². The Morgan fingerprint density at radius 2 is 2.27 bits per heavy atom. The highest BCUT2D eigenvalue weighted by Crippen LogP contribution is 2.25. The average molecular weight is 214 g/mol. The van der Waals surface area contributed by atoms with E-state index in [0.717, 1.165) is 26.2 Å². The van der Waals surface area contributed by atoms with Crippen molar-refractivity contribution in [2.75, 3.05) is 26.3 Å². The van der Waals surface area contributed by atoms with Crippen molar-refractivity contribution < 1.29 is 9.47 Å². The summed E-state index contributed by atoms with van der Waals surface area (Å²) in [5.74, 6) is 0. The summed E-state index contributed by atoms with van der Waals surface area (Å²) in [6, 6.07) is 0. The Kier molecular flexibility index (Phi) is 3.61. The van der Waals surface area contributed by atoms with Gasteiger partial charge in [-0.3, -0.25) is 0 Å². The Morgan fingerprint density at radius 3 is 2.80 bits per heavy atom. The summed E-state index contributed by atoms with van der Waals surface area (Å²) in [5, 5.41) is 3.56. The van der Waals surface area contributed by atoms with Crippen LogP contribution < -0.4 is 11.1 Å². The molecule has 0 saturated carbocycles. The van der Waals surface area contributed by atoms with Gasteiger partial charge in [0.25, 0.3) is 0 Å². The number of rotatable bonds is 4. The van der Waals surface area contributed by atoms with Gasteiger partial charge in [-0.05, 0) is 26.2 Å². The van der Waals surface area contributed by atoms with Crippen LogP contribution in [0.15, 0.2) is 0 Å². The third-order valence-electron chi connectivity index (χ3n) is 3.76. The lowest BCUT2D eigenvalue weighted by Crippen LogP contribution is -2.57. The van der Waals surface area contributed by atoms with Gasteiger partial charge in [0.15, 0.2) is 0 Å². The molecule has 2 fully saturated rings. The van der Waals surface area contributed by atoms with Crippen molar-refractivity contribution in [3.63, 3.8) is 0 Å². The molecule has 3 N–H and O–H groups in total. The molecule has 0 bridgehead atoms. The first kappa shape index (κ1) is 11.3. The van der Waals surface area contributed by atoms with Crippen molar-refractivity contribution in [3.8, 4) is 0 Å². The zero-order valence-electron chi connectivity index (χ0n) is 9.50. The third-order valence-corrected chi connectivity index (χ3v) is 3.76. The van der Waals surface area contributed by atoms with Crippen LogP contribution in [0.1, 0.15) is 26.2 Å².